The van der Waals surface area contributed by atoms with Crippen molar-refractivity contribution in [1.29, 1.82) is 0 Å². The maximum absolute atomic E-state index is 12.3. The number of esters is 1. The predicted octanol–water partition coefficient (Wildman–Crippen LogP) is 2.89. The second-order valence-corrected chi connectivity index (χ2v) is 6.75. The molecule has 1 N–H and O–H groups in total. The van der Waals surface area contributed by atoms with Crippen molar-refractivity contribution < 1.29 is 19.1 Å². The molecule has 0 unspecified atom stereocenters. The van der Waals surface area contributed by atoms with Gasteiger partial charge in [-0.25, -0.2) is 5.01 Å². The van der Waals surface area contributed by atoms with Crippen LogP contribution in [0.5, 0.6) is 0 Å². The number of rotatable bonds is 7. The van der Waals surface area contributed by atoms with E-state index in [1.54, 1.807) is 12.1 Å². The van der Waals surface area contributed by atoms with Gasteiger partial charge >= 0.3 is 5.97 Å². The van der Waals surface area contributed by atoms with Gasteiger partial charge in [-0.05, 0) is 24.6 Å². The van der Waals surface area contributed by atoms with Gasteiger partial charge in [0.25, 0.3) is 5.91 Å². The Balaban J connectivity index is 1.39. The molecule has 0 fully saturated rings. The smallest absolute Gasteiger partial charge is 0.306 e. The zero-order chi connectivity index (χ0) is 20.6. The predicted molar refractivity (Wildman–Crippen MR) is 109 cm³/mol. The first-order chi connectivity index (χ1) is 14.0. The number of nitrogens with zero attached hydrogens (tertiary/aromatic N) is 2. The van der Waals surface area contributed by atoms with Crippen LogP contribution in [0.3, 0.4) is 0 Å². The number of carbonyl (C=O) groups excluding carboxylic acids is 3. The molecule has 2 aromatic carbocycles. The summed E-state index contributed by atoms with van der Waals surface area (Å²) in [7, 11) is 0. The highest BCUT2D eigenvalue weighted by molar-refractivity contribution is 6.02. The molecular formula is C22H23N3O4. The Kier molecular flexibility index (Phi) is 6.73. The normalized spacial score (nSPS) is 13.0. The van der Waals surface area contributed by atoms with Gasteiger partial charge in [0.05, 0.1) is 18.7 Å². The summed E-state index contributed by atoms with van der Waals surface area (Å²) in [5.41, 5.74) is 3.56. The van der Waals surface area contributed by atoms with E-state index in [-0.39, 0.29) is 25.4 Å². The van der Waals surface area contributed by atoms with Gasteiger partial charge in [0.1, 0.15) is 0 Å². The van der Waals surface area contributed by atoms with Crippen LogP contribution < -0.4 is 5.32 Å². The SMILES string of the molecule is Cc1ccc(NC(=O)COC(=O)CCC(=O)N2CCC(c3ccccc3)=N2)cc1. The minimum Gasteiger partial charge on any atom is -0.456 e. The van der Waals surface area contributed by atoms with Crippen LogP contribution in [0.2, 0.25) is 0 Å². The molecule has 7 heteroatoms. The third-order valence-corrected chi connectivity index (χ3v) is 4.44. The van der Waals surface area contributed by atoms with Crippen molar-refractivity contribution in [3.05, 3.63) is 65.7 Å². The van der Waals surface area contributed by atoms with Crippen LogP contribution in [0.25, 0.3) is 0 Å². The third-order valence-electron chi connectivity index (χ3n) is 4.44. The second-order valence-electron chi connectivity index (χ2n) is 6.75. The molecule has 29 heavy (non-hydrogen) atoms. The molecule has 0 bridgehead atoms. The summed E-state index contributed by atoms with van der Waals surface area (Å²) < 4.78 is 4.95. The molecule has 2 aromatic rings. The van der Waals surface area contributed by atoms with E-state index in [9.17, 15) is 14.4 Å². The lowest BCUT2D eigenvalue weighted by atomic mass is 10.1. The van der Waals surface area contributed by atoms with Crippen LogP contribution in [0, 0.1) is 6.92 Å². The van der Waals surface area contributed by atoms with Crippen LogP contribution in [0.1, 0.15) is 30.4 Å². The average Bonchev–Trinajstić information content (AvgIpc) is 3.23. The van der Waals surface area contributed by atoms with E-state index < -0.39 is 11.9 Å². The molecule has 3 rings (SSSR count). The lowest BCUT2D eigenvalue weighted by molar-refractivity contribution is -0.148. The zero-order valence-electron chi connectivity index (χ0n) is 16.3. The fourth-order valence-corrected chi connectivity index (χ4v) is 2.86. The number of hydrazone groups is 1. The van der Waals surface area contributed by atoms with Gasteiger partial charge < -0.3 is 10.1 Å². The van der Waals surface area contributed by atoms with Gasteiger partial charge in [-0.1, -0.05) is 48.0 Å². The number of nitrogens with one attached hydrogen (secondary N) is 1. The molecule has 0 radical (unpaired) electrons. The molecule has 0 atom stereocenters. The van der Waals surface area contributed by atoms with Crippen molar-refractivity contribution in [2.24, 2.45) is 5.10 Å². The molecule has 7 nitrogen and oxygen atoms in total. The van der Waals surface area contributed by atoms with E-state index in [1.807, 2.05) is 49.4 Å². The monoisotopic (exact) mass is 393 g/mol. The maximum Gasteiger partial charge on any atom is 0.306 e. The van der Waals surface area contributed by atoms with E-state index in [1.165, 1.54) is 5.01 Å². The van der Waals surface area contributed by atoms with Crippen molar-refractivity contribution in [1.82, 2.24) is 5.01 Å². The highest BCUT2D eigenvalue weighted by Crippen LogP contribution is 2.15. The number of benzene rings is 2. The lowest BCUT2D eigenvalue weighted by Crippen LogP contribution is -2.25. The number of ether oxygens (including phenoxy) is 1. The summed E-state index contributed by atoms with van der Waals surface area (Å²) in [6.45, 7) is 2.06. The van der Waals surface area contributed by atoms with E-state index in [0.29, 0.717) is 18.7 Å². The number of amides is 2. The van der Waals surface area contributed by atoms with Crippen molar-refractivity contribution >= 4 is 29.2 Å². The zero-order valence-corrected chi connectivity index (χ0v) is 16.3. The van der Waals surface area contributed by atoms with Crippen molar-refractivity contribution in [3.63, 3.8) is 0 Å². The summed E-state index contributed by atoms with van der Waals surface area (Å²) >= 11 is 0. The minimum atomic E-state index is -0.594. The van der Waals surface area contributed by atoms with Crippen LogP contribution >= 0.6 is 0 Å². The summed E-state index contributed by atoms with van der Waals surface area (Å²) in [6, 6.07) is 17.0. The van der Waals surface area contributed by atoms with Crippen molar-refractivity contribution in [3.8, 4) is 0 Å². The van der Waals surface area contributed by atoms with Crippen molar-refractivity contribution in [2.45, 2.75) is 26.2 Å². The van der Waals surface area contributed by atoms with Crippen LogP contribution in [-0.4, -0.2) is 41.7 Å². The number of carbonyl (C=O) groups is 3. The molecular weight excluding hydrogens is 370 g/mol. The summed E-state index contributed by atoms with van der Waals surface area (Å²) in [4.78, 5) is 35.9. The van der Waals surface area contributed by atoms with Crippen molar-refractivity contribution in [2.75, 3.05) is 18.5 Å². The van der Waals surface area contributed by atoms with Gasteiger partial charge in [0, 0.05) is 18.5 Å². The minimum absolute atomic E-state index is 0.00994. The molecule has 1 aliphatic heterocycles. The largest absolute Gasteiger partial charge is 0.456 e. The third kappa shape index (κ3) is 6.00. The number of hydrogen-bond acceptors (Lipinski definition) is 5. The summed E-state index contributed by atoms with van der Waals surface area (Å²) in [5, 5.41) is 8.38. The first kappa shape index (κ1) is 20.3. The van der Waals surface area contributed by atoms with E-state index >= 15 is 0 Å². The molecule has 1 aliphatic rings. The van der Waals surface area contributed by atoms with E-state index in [2.05, 4.69) is 10.4 Å². The Morgan fingerprint density at radius 3 is 2.48 bits per heavy atom. The molecule has 0 saturated heterocycles. The van der Waals surface area contributed by atoms with Crippen LogP contribution in [0.15, 0.2) is 59.7 Å². The fraction of sp³-hybridized carbons (Fsp3) is 0.273. The first-order valence-corrected chi connectivity index (χ1v) is 9.46. The molecule has 0 aliphatic carbocycles. The average molecular weight is 393 g/mol. The number of anilines is 1. The second kappa shape index (κ2) is 9.64. The van der Waals surface area contributed by atoms with Crippen LogP contribution in [0.4, 0.5) is 5.69 Å². The lowest BCUT2D eigenvalue weighted by Gasteiger charge is -2.11. The highest BCUT2D eigenvalue weighted by Gasteiger charge is 2.22. The van der Waals surface area contributed by atoms with E-state index in [0.717, 1.165) is 16.8 Å². The molecule has 2 amide bonds. The van der Waals surface area contributed by atoms with Gasteiger partial charge in [-0.2, -0.15) is 5.10 Å². The Morgan fingerprint density at radius 2 is 1.76 bits per heavy atom. The number of aryl methyl sites for hydroxylation is 1. The van der Waals surface area contributed by atoms with Gasteiger partial charge in [0.15, 0.2) is 6.61 Å². The fourth-order valence-electron chi connectivity index (χ4n) is 2.86. The summed E-state index contributed by atoms with van der Waals surface area (Å²) in [6.07, 6.45) is 0.576. The van der Waals surface area contributed by atoms with Crippen LogP contribution in [-0.2, 0) is 19.1 Å². The standard InChI is InChI=1S/C22H23N3O4/c1-16-7-9-18(10-8-16)23-20(26)15-29-22(28)12-11-21(27)25-14-13-19(24-25)17-5-3-2-4-6-17/h2-10H,11-15H2,1H3,(H,23,26). The van der Waals surface area contributed by atoms with Gasteiger partial charge in [0.2, 0.25) is 5.91 Å². The first-order valence-electron chi connectivity index (χ1n) is 9.46. The quantitative estimate of drug-likeness (QED) is 0.733. The number of hydrogen-bond donors (Lipinski definition) is 1. The van der Waals surface area contributed by atoms with Gasteiger partial charge in [-0.15, -0.1) is 0 Å². The Bertz CT molecular complexity index is 907. The Hall–Kier alpha value is -3.48. The maximum atomic E-state index is 12.3. The highest BCUT2D eigenvalue weighted by atomic mass is 16.5. The molecule has 0 aromatic heterocycles. The Morgan fingerprint density at radius 1 is 1.03 bits per heavy atom. The Labute approximate surface area is 169 Å². The molecule has 0 spiro atoms. The molecule has 150 valence electrons. The summed E-state index contributed by atoms with van der Waals surface area (Å²) in [5.74, 6) is -1.26. The topological polar surface area (TPSA) is 88.1 Å². The molecule has 0 saturated carbocycles. The van der Waals surface area contributed by atoms with Gasteiger partial charge in [-0.3, -0.25) is 14.4 Å². The molecule has 1 heterocycles. The van der Waals surface area contributed by atoms with E-state index in [4.69, 9.17) is 4.74 Å².